The Morgan fingerprint density at radius 1 is 1.22 bits per heavy atom. The molecule has 2 aliphatic rings. The largest absolute Gasteiger partial charge is 0.394 e. The van der Waals surface area contributed by atoms with Crippen LogP contribution in [0.15, 0.2) is 0 Å². The van der Waals surface area contributed by atoms with Crippen LogP contribution in [0.25, 0.3) is 0 Å². The fraction of sp³-hybridized carbons (Fsp3) is 0.833. The van der Waals surface area contributed by atoms with E-state index < -0.39 is 11.8 Å². The number of hydrogen-bond donors (Lipinski definition) is 2. The molecule has 18 heavy (non-hydrogen) atoms. The SMILES string of the molecule is CC1CCN(C(=O)C(=O)N2CCNCC2)C1CO. The summed E-state index contributed by atoms with van der Waals surface area (Å²) in [6.07, 6.45) is 0.853. The van der Waals surface area contributed by atoms with Gasteiger partial charge in [0.2, 0.25) is 0 Å². The van der Waals surface area contributed by atoms with Gasteiger partial charge in [0.1, 0.15) is 0 Å². The van der Waals surface area contributed by atoms with Gasteiger partial charge in [0, 0.05) is 32.7 Å². The second-order valence-electron chi connectivity index (χ2n) is 5.06. The van der Waals surface area contributed by atoms with Gasteiger partial charge in [-0.05, 0) is 12.3 Å². The quantitative estimate of drug-likeness (QED) is 0.568. The lowest BCUT2D eigenvalue weighted by Gasteiger charge is -2.30. The summed E-state index contributed by atoms with van der Waals surface area (Å²) < 4.78 is 0. The molecule has 0 spiro atoms. The van der Waals surface area contributed by atoms with Crippen LogP contribution < -0.4 is 5.32 Å². The zero-order valence-electron chi connectivity index (χ0n) is 10.8. The highest BCUT2D eigenvalue weighted by Crippen LogP contribution is 2.23. The van der Waals surface area contributed by atoms with Crippen LogP contribution in [0.1, 0.15) is 13.3 Å². The molecule has 0 bridgehead atoms. The first-order valence-electron chi connectivity index (χ1n) is 6.56. The summed E-state index contributed by atoms with van der Waals surface area (Å²) in [6, 6.07) is -0.204. The van der Waals surface area contributed by atoms with Crippen LogP contribution in [0, 0.1) is 5.92 Å². The minimum Gasteiger partial charge on any atom is -0.394 e. The van der Waals surface area contributed by atoms with Gasteiger partial charge < -0.3 is 20.2 Å². The molecular formula is C12H21N3O3. The molecule has 0 aromatic heterocycles. The molecule has 0 aromatic carbocycles. The van der Waals surface area contributed by atoms with Crippen molar-refractivity contribution < 1.29 is 14.7 Å². The second kappa shape index (κ2) is 5.67. The molecule has 6 nitrogen and oxygen atoms in total. The summed E-state index contributed by atoms with van der Waals surface area (Å²) in [7, 11) is 0. The van der Waals surface area contributed by atoms with E-state index in [1.54, 1.807) is 4.90 Å². The van der Waals surface area contributed by atoms with Crippen molar-refractivity contribution in [3.63, 3.8) is 0 Å². The van der Waals surface area contributed by atoms with Crippen LogP contribution >= 0.6 is 0 Å². The van der Waals surface area contributed by atoms with Gasteiger partial charge >= 0.3 is 11.8 Å². The third-order valence-corrected chi connectivity index (χ3v) is 3.92. The average Bonchev–Trinajstić information content (AvgIpc) is 2.79. The van der Waals surface area contributed by atoms with Crippen LogP contribution in [0.2, 0.25) is 0 Å². The molecule has 2 amide bonds. The molecule has 0 aliphatic carbocycles. The maximum absolute atomic E-state index is 12.2. The van der Waals surface area contributed by atoms with Crippen molar-refractivity contribution >= 4 is 11.8 Å². The number of likely N-dealkylation sites (tertiary alicyclic amines) is 1. The van der Waals surface area contributed by atoms with Gasteiger partial charge in [-0.15, -0.1) is 0 Å². The van der Waals surface area contributed by atoms with Gasteiger partial charge in [-0.25, -0.2) is 0 Å². The fourth-order valence-electron chi connectivity index (χ4n) is 2.66. The number of aliphatic hydroxyl groups is 1. The predicted octanol–water partition coefficient (Wildman–Crippen LogP) is -1.35. The van der Waals surface area contributed by atoms with Gasteiger partial charge in [0.25, 0.3) is 0 Å². The molecule has 2 rings (SSSR count). The summed E-state index contributed by atoms with van der Waals surface area (Å²) in [6.45, 7) is 5.14. The molecule has 0 saturated carbocycles. The zero-order chi connectivity index (χ0) is 13.1. The summed E-state index contributed by atoms with van der Waals surface area (Å²) in [5.74, 6) is -0.626. The summed E-state index contributed by atoms with van der Waals surface area (Å²) in [5.41, 5.74) is 0. The minimum absolute atomic E-state index is 0.0677. The Morgan fingerprint density at radius 3 is 2.50 bits per heavy atom. The molecule has 0 aromatic rings. The van der Waals surface area contributed by atoms with Crippen LogP contribution in [0.4, 0.5) is 0 Å². The number of nitrogens with one attached hydrogen (secondary N) is 1. The van der Waals surface area contributed by atoms with E-state index in [4.69, 9.17) is 0 Å². The third kappa shape index (κ3) is 2.49. The number of carbonyl (C=O) groups excluding carboxylic acids is 2. The van der Waals surface area contributed by atoms with Crippen molar-refractivity contribution in [2.24, 2.45) is 5.92 Å². The van der Waals surface area contributed by atoms with Crippen LogP contribution in [0.3, 0.4) is 0 Å². The smallest absolute Gasteiger partial charge is 0.312 e. The Morgan fingerprint density at radius 2 is 1.89 bits per heavy atom. The van der Waals surface area contributed by atoms with E-state index in [0.29, 0.717) is 19.6 Å². The minimum atomic E-state index is -0.458. The molecule has 2 atom stereocenters. The number of rotatable bonds is 1. The van der Waals surface area contributed by atoms with E-state index in [-0.39, 0.29) is 18.6 Å². The molecule has 6 heteroatoms. The van der Waals surface area contributed by atoms with Crippen molar-refractivity contribution in [2.75, 3.05) is 39.3 Å². The Labute approximate surface area is 107 Å². The van der Waals surface area contributed by atoms with E-state index in [1.807, 2.05) is 6.92 Å². The maximum atomic E-state index is 12.2. The monoisotopic (exact) mass is 255 g/mol. The topological polar surface area (TPSA) is 72.9 Å². The number of aliphatic hydroxyl groups excluding tert-OH is 1. The fourth-order valence-corrected chi connectivity index (χ4v) is 2.66. The first-order valence-corrected chi connectivity index (χ1v) is 6.56. The van der Waals surface area contributed by atoms with Gasteiger partial charge in [0.05, 0.1) is 12.6 Å². The van der Waals surface area contributed by atoms with Crippen molar-refractivity contribution in [2.45, 2.75) is 19.4 Å². The number of amides is 2. The second-order valence-corrected chi connectivity index (χ2v) is 5.06. The first kappa shape index (κ1) is 13.3. The van der Waals surface area contributed by atoms with Gasteiger partial charge in [0.15, 0.2) is 0 Å². The Kier molecular flexibility index (Phi) is 4.19. The number of carbonyl (C=O) groups is 2. The van der Waals surface area contributed by atoms with Crippen LogP contribution in [0.5, 0.6) is 0 Å². The van der Waals surface area contributed by atoms with Gasteiger partial charge in [-0.3, -0.25) is 9.59 Å². The van der Waals surface area contributed by atoms with Crippen molar-refractivity contribution in [1.29, 1.82) is 0 Å². The van der Waals surface area contributed by atoms with Crippen LogP contribution in [-0.4, -0.2) is 72.1 Å². The van der Waals surface area contributed by atoms with E-state index in [9.17, 15) is 14.7 Å². The lowest BCUT2D eigenvalue weighted by Crippen LogP contribution is -2.53. The van der Waals surface area contributed by atoms with E-state index >= 15 is 0 Å². The summed E-state index contributed by atoms with van der Waals surface area (Å²) >= 11 is 0. The lowest BCUT2D eigenvalue weighted by molar-refractivity contribution is -0.153. The molecular weight excluding hydrogens is 234 g/mol. The molecule has 2 N–H and O–H groups in total. The third-order valence-electron chi connectivity index (χ3n) is 3.92. The van der Waals surface area contributed by atoms with E-state index in [1.165, 1.54) is 4.90 Å². The number of piperazine rings is 1. The lowest BCUT2D eigenvalue weighted by atomic mass is 10.0. The molecule has 2 saturated heterocycles. The van der Waals surface area contributed by atoms with Crippen molar-refractivity contribution in [1.82, 2.24) is 15.1 Å². The van der Waals surface area contributed by atoms with Crippen LogP contribution in [-0.2, 0) is 9.59 Å². The highest BCUT2D eigenvalue weighted by Gasteiger charge is 2.38. The highest BCUT2D eigenvalue weighted by atomic mass is 16.3. The predicted molar refractivity (Wildman–Crippen MR) is 65.8 cm³/mol. The Bertz CT molecular complexity index is 329. The van der Waals surface area contributed by atoms with E-state index in [0.717, 1.165) is 19.5 Å². The number of hydrogen-bond acceptors (Lipinski definition) is 4. The average molecular weight is 255 g/mol. The summed E-state index contributed by atoms with van der Waals surface area (Å²) in [4.78, 5) is 27.4. The van der Waals surface area contributed by atoms with E-state index in [2.05, 4.69) is 5.32 Å². The van der Waals surface area contributed by atoms with Gasteiger partial charge in [-0.1, -0.05) is 6.92 Å². The van der Waals surface area contributed by atoms with Gasteiger partial charge in [-0.2, -0.15) is 0 Å². The molecule has 2 aliphatic heterocycles. The van der Waals surface area contributed by atoms with Crippen molar-refractivity contribution in [3.05, 3.63) is 0 Å². The molecule has 2 fully saturated rings. The molecule has 102 valence electrons. The standard InChI is InChI=1S/C12H21N3O3/c1-9-2-5-15(10(9)8-16)12(18)11(17)14-6-3-13-4-7-14/h9-10,13,16H,2-8H2,1H3. The molecule has 2 heterocycles. The zero-order valence-corrected chi connectivity index (χ0v) is 10.8. The molecule has 2 unspecified atom stereocenters. The first-order chi connectivity index (χ1) is 8.65. The Balaban J connectivity index is 1.99. The normalized spacial score (nSPS) is 28.6. The Hall–Kier alpha value is -1.14. The maximum Gasteiger partial charge on any atom is 0.312 e. The summed E-state index contributed by atoms with van der Waals surface area (Å²) in [5, 5.41) is 12.5. The number of nitrogens with zero attached hydrogens (tertiary/aromatic N) is 2. The highest BCUT2D eigenvalue weighted by molar-refractivity contribution is 6.35. The van der Waals surface area contributed by atoms with Crippen molar-refractivity contribution in [3.8, 4) is 0 Å². The molecule has 0 radical (unpaired) electrons.